The van der Waals surface area contributed by atoms with Crippen LogP contribution in [0.5, 0.6) is 5.75 Å². The van der Waals surface area contributed by atoms with Crippen LogP contribution < -0.4 is 4.74 Å². The molecule has 1 aliphatic heterocycles. The Morgan fingerprint density at radius 3 is 2.60 bits per heavy atom. The van der Waals surface area contributed by atoms with Crippen molar-refractivity contribution in [1.29, 1.82) is 0 Å². The molecule has 0 N–H and O–H groups in total. The molecule has 8 heteroatoms. The predicted octanol–water partition coefficient (Wildman–Crippen LogP) is 6.33. The number of nitrogens with zero attached hydrogens (tertiary/aromatic N) is 2. The molecule has 4 rings (SSSR count). The van der Waals surface area contributed by atoms with Crippen LogP contribution >= 0.6 is 23.4 Å². The molecule has 1 saturated heterocycles. The monoisotopic (exact) mass is 506 g/mol. The zero-order chi connectivity index (χ0) is 24.8. The van der Waals surface area contributed by atoms with E-state index in [-0.39, 0.29) is 5.91 Å². The predicted molar refractivity (Wildman–Crippen MR) is 140 cm³/mol. The van der Waals surface area contributed by atoms with E-state index in [4.69, 9.17) is 21.1 Å². The van der Waals surface area contributed by atoms with Gasteiger partial charge in [-0.1, -0.05) is 48.0 Å². The fourth-order valence-electron chi connectivity index (χ4n) is 3.42. The first-order valence-electron chi connectivity index (χ1n) is 10.9. The Morgan fingerprint density at radius 2 is 1.86 bits per heavy atom. The van der Waals surface area contributed by atoms with Gasteiger partial charge in [0.1, 0.15) is 12.4 Å². The summed E-state index contributed by atoms with van der Waals surface area (Å²) >= 11 is 7.25. The van der Waals surface area contributed by atoms with E-state index in [1.54, 1.807) is 29.2 Å². The van der Waals surface area contributed by atoms with Crippen molar-refractivity contribution in [1.82, 2.24) is 4.90 Å². The van der Waals surface area contributed by atoms with Crippen molar-refractivity contribution in [2.24, 2.45) is 4.99 Å². The standard InChI is InChI=1S/C27H23ClN2O4S/c1-3-30-25(31)24(35-27(30)29-22-9-6-8-20(15-22)26(32)33-2)16-19-7-4-5-10-23(19)34-17-18-11-13-21(28)14-12-18/h4-16H,3,17H2,1-2H3. The number of amides is 1. The van der Waals surface area contributed by atoms with Crippen LogP contribution in [0, 0.1) is 0 Å². The summed E-state index contributed by atoms with van der Waals surface area (Å²) in [5.41, 5.74) is 2.75. The topological polar surface area (TPSA) is 68.2 Å². The maximum Gasteiger partial charge on any atom is 0.337 e. The van der Waals surface area contributed by atoms with E-state index in [9.17, 15) is 9.59 Å². The highest BCUT2D eigenvalue weighted by molar-refractivity contribution is 8.18. The molecule has 3 aromatic carbocycles. The number of methoxy groups -OCH3 is 1. The van der Waals surface area contributed by atoms with E-state index in [1.165, 1.54) is 18.9 Å². The van der Waals surface area contributed by atoms with Crippen LogP contribution in [0.4, 0.5) is 5.69 Å². The van der Waals surface area contributed by atoms with Crippen LogP contribution in [0.25, 0.3) is 6.08 Å². The van der Waals surface area contributed by atoms with Crippen molar-refractivity contribution in [3.8, 4) is 5.75 Å². The summed E-state index contributed by atoms with van der Waals surface area (Å²) in [4.78, 5) is 31.7. The zero-order valence-electron chi connectivity index (χ0n) is 19.2. The Bertz CT molecular complexity index is 1300. The van der Waals surface area contributed by atoms with Gasteiger partial charge in [0.2, 0.25) is 0 Å². The van der Waals surface area contributed by atoms with Gasteiger partial charge in [-0.3, -0.25) is 9.69 Å². The number of aliphatic imine (C=N–C) groups is 1. The van der Waals surface area contributed by atoms with Crippen LogP contribution in [0.3, 0.4) is 0 Å². The van der Waals surface area contributed by atoms with Gasteiger partial charge in [0, 0.05) is 17.1 Å². The Hall–Kier alpha value is -3.55. The van der Waals surface area contributed by atoms with Crippen LogP contribution in [0.2, 0.25) is 5.02 Å². The van der Waals surface area contributed by atoms with E-state index >= 15 is 0 Å². The number of esters is 1. The Balaban J connectivity index is 1.58. The molecule has 0 atom stereocenters. The largest absolute Gasteiger partial charge is 0.488 e. The third-order valence-electron chi connectivity index (χ3n) is 5.21. The first-order chi connectivity index (χ1) is 17.0. The lowest BCUT2D eigenvalue weighted by atomic mass is 10.1. The van der Waals surface area contributed by atoms with Gasteiger partial charge in [-0.2, -0.15) is 0 Å². The number of hydrogen-bond donors (Lipinski definition) is 0. The van der Waals surface area contributed by atoms with Crippen LogP contribution in [0.15, 0.2) is 82.7 Å². The molecule has 0 bridgehead atoms. The molecule has 0 unspecified atom stereocenters. The second-order valence-electron chi connectivity index (χ2n) is 7.55. The van der Waals surface area contributed by atoms with E-state index in [2.05, 4.69) is 4.99 Å². The molecular weight excluding hydrogens is 484 g/mol. The summed E-state index contributed by atoms with van der Waals surface area (Å²) in [6.07, 6.45) is 1.82. The van der Waals surface area contributed by atoms with Gasteiger partial charge in [-0.15, -0.1) is 0 Å². The summed E-state index contributed by atoms with van der Waals surface area (Å²) in [6.45, 7) is 2.74. The number of ether oxygens (including phenoxy) is 2. The summed E-state index contributed by atoms with van der Waals surface area (Å²) in [5, 5.41) is 1.22. The third-order valence-corrected chi connectivity index (χ3v) is 6.47. The summed E-state index contributed by atoms with van der Waals surface area (Å²) in [5.74, 6) is 0.0979. The number of benzene rings is 3. The zero-order valence-corrected chi connectivity index (χ0v) is 20.8. The molecule has 0 radical (unpaired) electrons. The lowest BCUT2D eigenvalue weighted by molar-refractivity contribution is -0.122. The highest BCUT2D eigenvalue weighted by Crippen LogP contribution is 2.35. The molecule has 3 aromatic rings. The van der Waals surface area contributed by atoms with E-state index in [0.717, 1.165) is 11.1 Å². The minimum Gasteiger partial charge on any atom is -0.488 e. The number of carbonyl (C=O) groups is 2. The number of hydrogen-bond acceptors (Lipinski definition) is 6. The molecule has 0 aliphatic carbocycles. The highest BCUT2D eigenvalue weighted by Gasteiger charge is 2.32. The second kappa shape index (κ2) is 11.3. The normalized spacial score (nSPS) is 15.6. The van der Waals surface area contributed by atoms with E-state index < -0.39 is 5.97 Å². The van der Waals surface area contributed by atoms with Crippen molar-refractivity contribution >= 4 is 52.2 Å². The first kappa shape index (κ1) is 24.6. The Labute approximate surface area is 213 Å². The molecule has 1 heterocycles. The number of amidine groups is 1. The van der Waals surface area contributed by atoms with E-state index in [1.807, 2.05) is 61.5 Å². The average molecular weight is 507 g/mol. The minimum atomic E-state index is -0.439. The quantitative estimate of drug-likeness (QED) is 0.276. The lowest BCUT2D eigenvalue weighted by Gasteiger charge is -2.12. The summed E-state index contributed by atoms with van der Waals surface area (Å²) in [7, 11) is 1.33. The van der Waals surface area contributed by atoms with Crippen molar-refractivity contribution in [2.75, 3.05) is 13.7 Å². The van der Waals surface area contributed by atoms with Gasteiger partial charge < -0.3 is 9.47 Å². The summed E-state index contributed by atoms with van der Waals surface area (Å²) < 4.78 is 10.8. The van der Waals surface area contributed by atoms with Gasteiger partial charge in [0.05, 0.1) is 23.3 Å². The van der Waals surface area contributed by atoms with Crippen LogP contribution in [0.1, 0.15) is 28.4 Å². The number of halogens is 1. The smallest absolute Gasteiger partial charge is 0.337 e. The molecule has 0 spiro atoms. The van der Waals surface area contributed by atoms with Gasteiger partial charge >= 0.3 is 5.97 Å². The van der Waals surface area contributed by atoms with Gasteiger partial charge in [0.25, 0.3) is 5.91 Å². The second-order valence-corrected chi connectivity index (χ2v) is 8.99. The van der Waals surface area contributed by atoms with E-state index in [0.29, 0.717) is 45.2 Å². The van der Waals surface area contributed by atoms with Crippen molar-refractivity contribution in [3.63, 3.8) is 0 Å². The minimum absolute atomic E-state index is 0.132. The molecule has 1 fully saturated rings. The van der Waals surface area contributed by atoms with Gasteiger partial charge in [-0.25, -0.2) is 9.79 Å². The third kappa shape index (κ3) is 5.93. The number of para-hydroxylation sites is 1. The lowest BCUT2D eigenvalue weighted by Crippen LogP contribution is -2.28. The Morgan fingerprint density at radius 1 is 1.09 bits per heavy atom. The molecule has 0 saturated carbocycles. The fourth-order valence-corrected chi connectivity index (χ4v) is 4.59. The number of carbonyl (C=O) groups excluding carboxylic acids is 2. The molecule has 6 nitrogen and oxygen atoms in total. The molecule has 1 aliphatic rings. The highest BCUT2D eigenvalue weighted by atomic mass is 35.5. The summed E-state index contributed by atoms with van der Waals surface area (Å²) in [6, 6.07) is 21.8. The maximum absolute atomic E-state index is 13.1. The molecule has 0 aromatic heterocycles. The van der Waals surface area contributed by atoms with Gasteiger partial charge in [-0.05, 0) is 66.7 Å². The SMILES string of the molecule is CCN1C(=O)C(=Cc2ccccc2OCc2ccc(Cl)cc2)SC1=Nc1cccc(C(=O)OC)c1. The average Bonchev–Trinajstić information content (AvgIpc) is 3.17. The van der Waals surface area contributed by atoms with Crippen LogP contribution in [-0.4, -0.2) is 35.6 Å². The number of likely N-dealkylation sites (N-methyl/N-ethyl adjacent to an activating group) is 1. The number of rotatable bonds is 7. The van der Waals surface area contributed by atoms with Crippen molar-refractivity contribution < 1.29 is 19.1 Å². The van der Waals surface area contributed by atoms with Crippen molar-refractivity contribution in [2.45, 2.75) is 13.5 Å². The fraction of sp³-hybridized carbons (Fsp3) is 0.148. The molecule has 1 amide bonds. The van der Waals surface area contributed by atoms with Gasteiger partial charge in [0.15, 0.2) is 5.17 Å². The van der Waals surface area contributed by atoms with Crippen molar-refractivity contribution in [3.05, 3.63) is 99.4 Å². The van der Waals surface area contributed by atoms with Crippen LogP contribution in [-0.2, 0) is 16.1 Å². The Kier molecular flexibility index (Phi) is 7.90. The number of thioether (sulfide) groups is 1. The molecule has 35 heavy (non-hydrogen) atoms. The maximum atomic E-state index is 13.1. The molecular formula is C27H23ClN2O4S. The molecule has 178 valence electrons. The first-order valence-corrected chi connectivity index (χ1v) is 12.1.